The molecule has 0 amide bonds. The predicted molar refractivity (Wildman–Crippen MR) is 77.2 cm³/mol. The van der Waals surface area contributed by atoms with Gasteiger partial charge in [0, 0.05) is 38.7 Å². The van der Waals surface area contributed by atoms with Crippen molar-refractivity contribution in [2.24, 2.45) is 5.41 Å². The highest BCUT2D eigenvalue weighted by molar-refractivity contribution is 7.89. The Bertz CT molecular complexity index is 415. The molecule has 6 nitrogen and oxygen atoms in total. The molecule has 2 fully saturated rings. The fourth-order valence-electron chi connectivity index (χ4n) is 3.06. The number of hydrogen-bond acceptors (Lipinski definition) is 5. The molecule has 20 heavy (non-hydrogen) atoms. The average molecular weight is 306 g/mol. The molecule has 0 aliphatic carbocycles. The lowest BCUT2D eigenvalue weighted by Gasteiger charge is -2.31. The van der Waals surface area contributed by atoms with Gasteiger partial charge in [-0.3, -0.25) is 0 Å². The van der Waals surface area contributed by atoms with E-state index in [0.717, 1.165) is 26.1 Å². The van der Waals surface area contributed by atoms with Crippen LogP contribution in [0.5, 0.6) is 0 Å². The molecule has 0 unspecified atom stereocenters. The van der Waals surface area contributed by atoms with Gasteiger partial charge in [0.05, 0.1) is 25.6 Å². The fourth-order valence-corrected chi connectivity index (χ4v) is 4.25. The van der Waals surface area contributed by atoms with Crippen LogP contribution in [0.15, 0.2) is 0 Å². The Hall–Kier alpha value is -0.210. The number of hydrogen-bond donors (Lipinski definition) is 0. The Kier molecular flexibility index (Phi) is 5.42. The topological polar surface area (TPSA) is 59.1 Å². The first kappa shape index (κ1) is 16.2. The van der Waals surface area contributed by atoms with Crippen LogP contribution < -0.4 is 0 Å². The predicted octanol–water partition coefficient (Wildman–Crippen LogP) is 0.00680. The molecule has 2 heterocycles. The Morgan fingerprint density at radius 3 is 2.80 bits per heavy atom. The minimum absolute atomic E-state index is 0.0491. The summed E-state index contributed by atoms with van der Waals surface area (Å²) in [5.74, 6) is 0.163. The minimum Gasteiger partial charge on any atom is -0.383 e. The molecule has 2 saturated heterocycles. The van der Waals surface area contributed by atoms with Gasteiger partial charge in [-0.1, -0.05) is 0 Å². The highest BCUT2D eigenvalue weighted by Crippen LogP contribution is 2.34. The van der Waals surface area contributed by atoms with Crippen molar-refractivity contribution in [2.45, 2.75) is 13.3 Å². The molecule has 1 spiro atoms. The lowest BCUT2D eigenvalue weighted by atomic mass is 9.88. The van der Waals surface area contributed by atoms with E-state index in [-0.39, 0.29) is 11.2 Å². The molecule has 118 valence electrons. The molecule has 0 aromatic rings. The van der Waals surface area contributed by atoms with E-state index in [1.165, 1.54) is 0 Å². The van der Waals surface area contributed by atoms with Crippen LogP contribution in [-0.4, -0.2) is 83.0 Å². The number of sulfonamides is 1. The number of likely N-dealkylation sites (tertiary alicyclic amines) is 1. The van der Waals surface area contributed by atoms with E-state index in [1.54, 1.807) is 18.3 Å². The highest BCUT2D eigenvalue weighted by Gasteiger charge is 2.43. The van der Waals surface area contributed by atoms with Crippen molar-refractivity contribution in [1.29, 1.82) is 0 Å². The van der Waals surface area contributed by atoms with Gasteiger partial charge in [0.15, 0.2) is 0 Å². The number of nitrogens with zero attached hydrogens (tertiary/aromatic N) is 2. The summed E-state index contributed by atoms with van der Waals surface area (Å²) in [5, 5.41) is 0. The zero-order valence-corrected chi connectivity index (χ0v) is 13.3. The smallest absolute Gasteiger partial charge is 0.213 e. The molecule has 2 aliphatic heterocycles. The van der Waals surface area contributed by atoms with E-state index < -0.39 is 10.0 Å². The zero-order valence-electron chi connectivity index (χ0n) is 12.5. The van der Waals surface area contributed by atoms with Gasteiger partial charge in [-0.05, 0) is 19.9 Å². The zero-order chi connectivity index (χ0) is 14.6. The van der Waals surface area contributed by atoms with Crippen LogP contribution in [0.3, 0.4) is 0 Å². The third kappa shape index (κ3) is 3.71. The van der Waals surface area contributed by atoms with Crippen LogP contribution in [0, 0.1) is 5.41 Å². The number of methoxy groups -OCH3 is 1. The Morgan fingerprint density at radius 2 is 2.10 bits per heavy atom. The Morgan fingerprint density at radius 1 is 1.30 bits per heavy atom. The summed E-state index contributed by atoms with van der Waals surface area (Å²) >= 11 is 0. The third-order valence-electron chi connectivity index (χ3n) is 4.29. The largest absolute Gasteiger partial charge is 0.383 e. The molecule has 2 rings (SSSR count). The lowest BCUT2D eigenvalue weighted by molar-refractivity contribution is 0.0697. The van der Waals surface area contributed by atoms with Crippen molar-refractivity contribution >= 4 is 10.0 Å². The third-order valence-corrected chi connectivity index (χ3v) is 6.12. The van der Waals surface area contributed by atoms with Crippen LogP contribution in [0.4, 0.5) is 0 Å². The minimum atomic E-state index is -3.13. The van der Waals surface area contributed by atoms with E-state index in [1.807, 2.05) is 0 Å². The maximum absolute atomic E-state index is 12.1. The molecule has 2 aliphatic rings. The molecule has 0 bridgehead atoms. The molecule has 0 aromatic carbocycles. The second kappa shape index (κ2) is 6.70. The fraction of sp³-hybridized carbons (Fsp3) is 1.00. The van der Waals surface area contributed by atoms with E-state index >= 15 is 0 Å². The average Bonchev–Trinajstić information content (AvgIpc) is 2.69. The summed E-state index contributed by atoms with van der Waals surface area (Å²) in [7, 11) is -1.43. The van der Waals surface area contributed by atoms with Crippen molar-refractivity contribution in [3.05, 3.63) is 0 Å². The molecule has 0 N–H and O–H groups in total. The van der Waals surface area contributed by atoms with Crippen LogP contribution >= 0.6 is 0 Å². The molecular weight excluding hydrogens is 280 g/mol. The summed E-state index contributed by atoms with van der Waals surface area (Å²) in [6.45, 7) is 7.44. The van der Waals surface area contributed by atoms with Crippen molar-refractivity contribution in [3.63, 3.8) is 0 Å². The van der Waals surface area contributed by atoms with Crippen molar-refractivity contribution in [1.82, 2.24) is 9.21 Å². The van der Waals surface area contributed by atoms with Gasteiger partial charge in [-0.15, -0.1) is 0 Å². The van der Waals surface area contributed by atoms with Crippen molar-refractivity contribution < 1.29 is 17.9 Å². The Balaban J connectivity index is 2.04. The SMILES string of the molecule is CCS(=O)(=O)N1CCOC[C@@]2(CCN(CCOC)C2)C1. The first-order chi connectivity index (χ1) is 9.51. The first-order valence-electron chi connectivity index (χ1n) is 7.28. The van der Waals surface area contributed by atoms with Gasteiger partial charge in [-0.25, -0.2) is 8.42 Å². The summed E-state index contributed by atoms with van der Waals surface area (Å²) < 4.78 is 36.7. The maximum atomic E-state index is 12.1. The van der Waals surface area contributed by atoms with E-state index in [2.05, 4.69) is 4.90 Å². The van der Waals surface area contributed by atoms with Crippen LogP contribution in [-0.2, 0) is 19.5 Å². The molecule has 0 saturated carbocycles. The van der Waals surface area contributed by atoms with Crippen LogP contribution in [0.25, 0.3) is 0 Å². The van der Waals surface area contributed by atoms with Gasteiger partial charge < -0.3 is 14.4 Å². The monoisotopic (exact) mass is 306 g/mol. The van der Waals surface area contributed by atoms with Crippen LogP contribution in [0.1, 0.15) is 13.3 Å². The number of ether oxygens (including phenoxy) is 2. The Labute approximate surface area is 122 Å². The summed E-state index contributed by atoms with van der Waals surface area (Å²) in [5.41, 5.74) is -0.0491. The number of rotatable bonds is 5. The van der Waals surface area contributed by atoms with E-state index in [4.69, 9.17) is 9.47 Å². The van der Waals surface area contributed by atoms with Gasteiger partial charge in [-0.2, -0.15) is 4.31 Å². The van der Waals surface area contributed by atoms with Gasteiger partial charge in [0.1, 0.15) is 0 Å². The molecular formula is C13H26N2O4S. The van der Waals surface area contributed by atoms with Crippen molar-refractivity contribution in [2.75, 3.05) is 65.4 Å². The molecule has 0 radical (unpaired) electrons. The summed E-state index contributed by atoms with van der Waals surface area (Å²) in [6.07, 6.45) is 0.993. The maximum Gasteiger partial charge on any atom is 0.213 e. The quantitative estimate of drug-likeness (QED) is 0.716. The molecule has 0 aromatic heterocycles. The summed E-state index contributed by atoms with van der Waals surface area (Å²) in [6, 6.07) is 0. The molecule has 7 heteroatoms. The lowest BCUT2D eigenvalue weighted by Crippen LogP contribution is -2.44. The summed E-state index contributed by atoms with van der Waals surface area (Å²) in [4.78, 5) is 2.34. The van der Waals surface area contributed by atoms with E-state index in [0.29, 0.717) is 32.9 Å². The normalized spacial score (nSPS) is 29.9. The van der Waals surface area contributed by atoms with E-state index in [9.17, 15) is 8.42 Å². The van der Waals surface area contributed by atoms with Gasteiger partial charge in [0.2, 0.25) is 10.0 Å². The van der Waals surface area contributed by atoms with Crippen LogP contribution in [0.2, 0.25) is 0 Å². The standard InChI is InChI=1S/C13H26N2O4S/c1-3-20(16,17)15-7-9-19-12-13(11-15)4-5-14(10-13)6-8-18-2/h3-12H2,1-2H3/t13-/m1/s1. The first-order valence-corrected chi connectivity index (χ1v) is 8.89. The van der Waals surface area contributed by atoms with Gasteiger partial charge >= 0.3 is 0 Å². The second-order valence-corrected chi connectivity index (χ2v) is 8.06. The van der Waals surface area contributed by atoms with Gasteiger partial charge in [0.25, 0.3) is 0 Å². The highest BCUT2D eigenvalue weighted by atomic mass is 32.2. The second-order valence-electron chi connectivity index (χ2n) is 5.81. The van der Waals surface area contributed by atoms with Crippen molar-refractivity contribution in [3.8, 4) is 0 Å². The molecule has 1 atom stereocenters.